The van der Waals surface area contributed by atoms with Gasteiger partial charge in [0, 0.05) is 0 Å². The molecule has 0 atom stereocenters. The fraction of sp³-hybridized carbons (Fsp3) is 0.600. The number of hydrogen-bond acceptors (Lipinski definition) is 2. The van der Waals surface area contributed by atoms with Crippen LogP contribution in [0.2, 0.25) is 0 Å². The Kier molecular flexibility index (Phi) is 10.4. The third kappa shape index (κ3) is 15.3. The molecule has 5 nitrogen and oxygen atoms in total. The molecular weight excluding hydrogens is 291 g/mol. The minimum absolute atomic E-state index is 0.449. The number of aromatic hydroxyl groups is 1. The summed E-state index contributed by atoms with van der Waals surface area (Å²) >= 11 is 0. The van der Waals surface area contributed by atoms with Gasteiger partial charge in [0.05, 0.1) is 0 Å². The minimum atomic E-state index is -4.64. The minimum Gasteiger partial charge on any atom is -0.508 e. The Morgan fingerprint density at radius 2 is 1.52 bits per heavy atom. The second kappa shape index (κ2) is 10.8. The van der Waals surface area contributed by atoms with Crippen molar-refractivity contribution in [3.63, 3.8) is 0 Å². The lowest BCUT2D eigenvalue weighted by atomic mass is 10.0. The molecule has 4 N–H and O–H groups in total. The Labute approximate surface area is 126 Å². The van der Waals surface area contributed by atoms with Gasteiger partial charge >= 0.3 is 7.82 Å². The Bertz CT molecular complexity index is 420. The highest BCUT2D eigenvalue weighted by Gasteiger charge is 2.00. The smallest absolute Gasteiger partial charge is 0.466 e. The molecule has 1 rings (SSSR count). The molecule has 0 unspecified atom stereocenters. The molecule has 0 saturated heterocycles. The van der Waals surface area contributed by atoms with E-state index < -0.39 is 7.82 Å². The van der Waals surface area contributed by atoms with Gasteiger partial charge in [0.15, 0.2) is 0 Å². The molecule has 0 bridgehead atoms. The third-order valence-corrected chi connectivity index (χ3v) is 2.97. The molecule has 122 valence electrons. The van der Waals surface area contributed by atoms with E-state index in [9.17, 15) is 5.11 Å². The Balaban J connectivity index is 0.000000690. The second-order valence-electron chi connectivity index (χ2n) is 5.49. The van der Waals surface area contributed by atoms with E-state index in [0.29, 0.717) is 5.75 Å². The number of phenolic OH excluding ortho intramolecular Hbond substituents is 1. The molecule has 21 heavy (non-hydrogen) atoms. The first-order valence-corrected chi connectivity index (χ1v) is 8.82. The zero-order valence-corrected chi connectivity index (χ0v) is 13.7. The Hall–Kier alpha value is -0.870. The van der Waals surface area contributed by atoms with Crippen molar-refractivity contribution < 1.29 is 24.4 Å². The number of benzene rings is 1. The quantitative estimate of drug-likeness (QED) is 0.455. The van der Waals surface area contributed by atoms with Gasteiger partial charge in [-0.05, 0) is 30.4 Å². The Morgan fingerprint density at radius 1 is 1.00 bits per heavy atom. The van der Waals surface area contributed by atoms with Gasteiger partial charge in [-0.15, -0.1) is 0 Å². The first-order chi connectivity index (χ1) is 9.70. The van der Waals surface area contributed by atoms with Crippen molar-refractivity contribution in [2.75, 3.05) is 0 Å². The molecule has 0 aliphatic heterocycles. The molecule has 0 saturated carbocycles. The monoisotopic (exact) mass is 318 g/mol. The molecule has 0 fully saturated rings. The summed E-state index contributed by atoms with van der Waals surface area (Å²) in [5.74, 6) is 1.28. The summed E-state index contributed by atoms with van der Waals surface area (Å²) in [7, 11) is -4.64. The molecule has 6 heteroatoms. The van der Waals surface area contributed by atoms with Crippen molar-refractivity contribution in [3.05, 3.63) is 29.8 Å². The fourth-order valence-corrected chi connectivity index (χ4v) is 1.94. The summed E-state index contributed by atoms with van der Waals surface area (Å²) in [4.78, 5) is 21.6. The van der Waals surface area contributed by atoms with Gasteiger partial charge in [0.1, 0.15) is 5.75 Å². The predicted octanol–water partition coefficient (Wildman–Crippen LogP) is 3.61. The lowest BCUT2D eigenvalue weighted by molar-refractivity contribution is 0.275. The SMILES string of the molecule is CC(C)CCCCCCc1ccccc1O.O=P(O)(O)O. The highest BCUT2D eigenvalue weighted by molar-refractivity contribution is 7.45. The van der Waals surface area contributed by atoms with Crippen molar-refractivity contribution in [2.45, 2.75) is 52.4 Å². The maximum atomic E-state index is 9.59. The van der Waals surface area contributed by atoms with Crippen LogP contribution < -0.4 is 0 Å². The van der Waals surface area contributed by atoms with E-state index in [1.807, 2.05) is 18.2 Å². The van der Waals surface area contributed by atoms with Gasteiger partial charge in [0.2, 0.25) is 0 Å². The summed E-state index contributed by atoms with van der Waals surface area (Å²) in [6.45, 7) is 4.56. The van der Waals surface area contributed by atoms with Gasteiger partial charge in [0.25, 0.3) is 0 Å². The number of unbranched alkanes of at least 4 members (excludes halogenated alkanes) is 3. The van der Waals surface area contributed by atoms with Crippen molar-refractivity contribution in [2.24, 2.45) is 5.92 Å². The summed E-state index contributed by atoms with van der Waals surface area (Å²) in [6, 6.07) is 7.66. The summed E-state index contributed by atoms with van der Waals surface area (Å²) in [6.07, 6.45) is 7.49. The largest absolute Gasteiger partial charge is 0.508 e. The van der Waals surface area contributed by atoms with E-state index in [1.165, 1.54) is 32.1 Å². The van der Waals surface area contributed by atoms with Crippen LogP contribution in [0, 0.1) is 5.92 Å². The van der Waals surface area contributed by atoms with Crippen LogP contribution >= 0.6 is 7.82 Å². The van der Waals surface area contributed by atoms with Gasteiger partial charge in [-0.1, -0.05) is 57.7 Å². The van der Waals surface area contributed by atoms with E-state index in [-0.39, 0.29) is 0 Å². The van der Waals surface area contributed by atoms with Crippen molar-refractivity contribution in [1.29, 1.82) is 0 Å². The summed E-state index contributed by atoms with van der Waals surface area (Å²) in [5.41, 5.74) is 1.09. The van der Waals surface area contributed by atoms with E-state index in [1.54, 1.807) is 6.07 Å². The zero-order valence-electron chi connectivity index (χ0n) is 12.8. The molecule has 1 aromatic carbocycles. The summed E-state index contributed by atoms with van der Waals surface area (Å²) < 4.78 is 8.88. The number of phenols is 1. The van der Waals surface area contributed by atoms with Gasteiger partial charge < -0.3 is 19.8 Å². The normalized spacial score (nSPS) is 11.1. The first kappa shape index (κ1) is 20.1. The first-order valence-electron chi connectivity index (χ1n) is 7.25. The number of hydrogen-bond donors (Lipinski definition) is 4. The van der Waals surface area contributed by atoms with E-state index in [4.69, 9.17) is 19.2 Å². The van der Waals surface area contributed by atoms with Gasteiger partial charge in [-0.2, -0.15) is 0 Å². The average molecular weight is 318 g/mol. The maximum Gasteiger partial charge on any atom is 0.466 e. The maximum absolute atomic E-state index is 9.59. The average Bonchev–Trinajstić information content (AvgIpc) is 2.33. The third-order valence-electron chi connectivity index (χ3n) is 2.97. The van der Waals surface area contributed by atoms with Crippen LogP contribution in [0.25, 0.3) is 0 Å². The van der Waals surface area contributed by atoms with E-state index in [2.05, 4.69) is 13.8 Å². The molecular formula is C15H27O5P. The van der Waals surface area contributed by atoms with Crippen LogP contribution in [0.15, 0.2) is 24.3 Å². The lowest BCUT2D eigenvalue weighted by Crippen LogP contribution is -1.89. The topological polar surface area (TPSA) is 98.0 Å². The highest BCUT2D eigenvalue weighted by Crippen LogP contribution is 2.25. The van der Waals surface area contributed by atoms with Crippen molar-refractivity contribution in [3.8, 4) is 5.75 Å². The van der Waals surface area contributed by atoms with Crippen LogP contribution in [-0.2, 0) is 11.0 Å². The molecule has 1 aromatic rings. The van der Waals surface area contributed by atoms with E-state index >= 15 is 0 Å². The molecule has 0 radical (unpaired) electrons. The zero-order chi connectivity index (χ0) is 16.3. The molecule has 0 heterocycles. The van der Waals surface area contributed by atoms with Crippen LogP contribution in [0.3, 0.4) is 0 Å². The molecule has 0 spiro atoms. The predicted molar refractivity (Wildman–Crippen MR) is 84.0 cm³/mol. The number of para-hydroxylation sites is 1. The van der Waals surface area contributed by atoms with Crippen LogP contribution in [-0.4, -0.2) is 19.8 Å². The van der Waals surface area contributed by atoms with Gasteiger partial charge in [-0.25, -0.2) is 4.57 Å². The van der Waals surface area contributed by atoms with Crippen LogP contribution in [0.4, 0.5) is 0 Å². The molecule has 0 aliphatic rings. The fourth-order valence-electron chi connectivity index (χ4n) is 1.94. The van der Waals surface area contributed by atoms with E-state index in [0.717, 1.165) is 17.9 Å². The summed E-state index contributed by atoms with van der Waals surface area (Å²) in [5, 5.41) is 9.59. The second-order valence-corrected chi connectivity index (χ2v) is 6.52. The van der Waals surface area contributed by atoms with Gasteiger partial charge in [-0.3, -0.25) is 0 Å². The molecule has 0 aliphatic carbocycles. The standard InChI is InChI=1S/C15H24O.H3O4P/c1-13(2)9-5-3-4-6-10-14-11-7-8-12-15(14)16;1-5(2,3)4/h7-8,11-13,16H,3-6,9-10H2,1-2H3;(H3,1,2,3,4). The number of phosphoric acid groups is 1. The number of aryl methyl sites for hydroxylation is 1. The molecule has 0 amide bonds. The van der Waals surface area contributed by atoms with Crippen molar-refractivity contribution in [1.82, 2.24) is 0 Å². The molecule has 0 aromatic heterocycles. The van der Waals surface area contributed by atoms with Crippen molar-refractivity contribution >= 4 is 7.82 Å². The van der Waals surface area contributed by atoms with Crippen LogP contribution in [0.5, 0.6) is 5.75 Å². The highest BCUT2D eigenvalue weighted by atomic mass is 31.2. The Morgan fingerprint density at radius 3 is 2.05 bits per heavy atom. The van der Waals surface area contributed by atoms with Crippen LogP contribution in [0.1, 0.15) is 51.5 Å². The number of rotatable bonds is 7. The lowest BCUT2D eigenvalue weighted by Gasteiger charge is -2.05.